The molecule has 1 saturated carbocycles. The van der Waals surface area contributed by atoms with Crippen LogP contribution in [0.4, 0.5) is 4.39 Å². The molecule has 150 valence electrons. The molecule has 1 N–H and O–H groups in total. The molecule has 1 aromatic carbocycles. The normalized spacial score (nSPS) is 27.0. The zero-order valence-corrected chi connectivity index (χ0v) is 16.2. The second kappa shape index (κ2) is 6.95. The van der Waals surface area contributed by atoms with Crippen molar-refractivity contribution in [2.24, 2.45) is 5.92 Å². The molecule has 6 heteroatoms. The summed E-state index contributed by atoms with van der Waals surface area (Å²) in [5.41, 5.74) is 0.301. The van der Waals surface area contributed by atoms with Gasteiger partial charge in [-0.05, 0) is 37.0 Å². The van der Waals surface area contributed by atoms with Gasteiger partial charge in [-0.25, -0.2) is 9.37 Å². The smallest absolute Gasteiger partial charge is 0.290 e. The minimum atomic E-state index is -0.927. The van der Waals surface area contributed by atoms with Crippen LogP contribution in [0.25, 0.3) is 5.52 Å². The van der Waals surface area contributed by atoms with Crippen molar-refractivity contribution in [3.05, 3.63) is 72.1 Å². The van der Waals surface area contributed by atoms with Crippen LogP contribution in [0.2, 0.25) is 0 Å². The molecule has 5 rings (SSSR count). The number of halogens is 1. The average molecular weight is 393 g/mol. The van der Waals surface area contributed by atoms with Crippen molar-refractivity contribution in [3.8, 4) is 0 Å². The predicted molar refractivity (Wildman–Crippen MR) is 107 cm³/mol. The molecule has 2 aliphatic rings. The van der Waals surface area contributed by atoms with Gasteiger partial charge in [-0.15, -0.1) is 0 Å². The van der Waals surface area contributed by atoms with E-state index < -0.39 is 11.4 Å². The molecule has 2 fully saturated rings. The number of amides is 1. The highest BCUT2D eigenvalue weighted by molar-refractivity contribution is 5.92. The van der Waals surface area contributed by atoms with E-state index in [2.05, 4.69) is 4.98 Å². The minimum absolute atomic E-state index is 0.0145. The van der Waals surface area contributed by atoms with Gasteiger partial charge in [0.25, 0.3) is 5.91 Å². The first-order valence-electron chi connectivity index (χ1n) is 10.3. The van der Waals surface area contributed by atoms with Crippen molar-refractivity contribution >= 4 is 11.4 Å². The van der Waals surface area contributed by atoms with Gasteiger partial charge in [0.1, 0.15) is 11.3 Å². The highest BCUT2D eigenvalue weighted by atomic mass is 19.1. The van der Waals surface area contributed by atoms with Crippen LogP contribution in [0.3, 0.4) is 0 Å². The third-order valence-electron chi connectivity index (χ3n) is 6.72. The van der Waals surface area contributed by atoms with Gasteiger partial charge in [0.15, 0.2) is 0 Å². The topological polar surface area (TPSA) is 57.8 Å². The van der Waals surface area contributed by atoms with E-state index in [4.69, 9.17) is 0 Å². The zero-order chi connectivity index (χ0) is 20.0. The summed E-state index contributed by atoms with van der Waals surface area (Å²) >= 11 is 0. The van der Waals surface area contributed by atoms with Crippen LogP contribution in [-0.2, 0) is 5.60 Å². The van der Waals surface area contributed by atoms with Crippen LogP contribution in [0.5, 0.6) is 0 Å². The van der Waals surface area contributed by atoms with E-state index in [1.54, 1.807) is 12.3 Å². The second-order valence-electron chi connectivity index (χ2n) is 8.19. The molecule has 3 atom stereocenters. The molecule has 3 aromatic rings. The Morgan fingerprint density at radius 1 is 1.14 bits per heavy atom. The lowest BCUT2D eigenvalue weighted by atomic mass is 9.66. The van der Waals surface area contributed by atoms with Crippen molar-refractivity contribution in [1.29, 1.82) is 0 Å². The van der Waals surface area contributed by atoms with E-state index in [1.807, 2.05) is 35.2 Å². The maximum absolute atomic E-state index is 14.0. The van der Waals surface area contributed by atoms with E-state index in [9.17, 15) is 14.3 Å². The number of benzene rings is 1. The number of rotatable bonds is 2. The van der Waals surface area contributed by atoms with Crippen molar-refractivity contribution in [3.63, 3.8) is 0 Å². The molecule has 29 heavy (non-hydrogen) atoms. The number of aromatic nitrogens is 2. The third-order valence-corrected chi connectivity index (χ3v) is 6.72. The standard InChI is InChI=1S/C23H24FN3O2/c24-18-10-6-13-26-20(18)15-25-21(26)22(28)27-14-12-23(29,16-7-2-1-3-8-16)17-9-4-5-11-19(17)27/h1-3,6-8,10,13,15,17,19,29H,4-5,9,11-12,14H2. The van der Waals surface area contributed by atoms with E-state index in [-0.39, 0.29) is 23.7 Å². The molecule has 1 aliphatic heterocycles. The Hall–Kier alpha value is -2.73. The summed E-state index contributed by atoms with van der Waals surface area (Å²) in [5.74, 6) is -0.373. The fraction of sp³-hybridized carbons (Fsp3) is 0.391. The molecule has 1 amide bonds. The first-order chi connectivity index (χ1) is 14.1. The lowest BCUT2D eigenvalue weighted by Gasteiger charge is -2.52. The predicted octanol–water partition coefficient (Wildman–Crippen LogP) is 3.77. The number of fused-ring (bicyclic) bond motifs is 2. The SMILES string of the molecule is O=C(c1ncc2c(F)cccn12)N1CCC(O)(c2ccccc2)C2CCCCC21. The number of hydrogen-bond acceptors (Lipinski definition) is 3. The minimum Gasteiger partial charge on any atom is -0.385 e. The number of nitrogens with zero attached hydrogens (tertiary/aromatic N) is 3. The van der Waals surface area contributed by atoms with E-state index in [1.165, 1.54) is 16.7 Å². The summed E-state index contributed by atoms with van der Waals surface area (Å²) in [6, 6.07) is 12.7. The number of piperidine rings is 1. The number of likely N-dealkylation sites (tertiary alicyclic amines) is 1. The second-order valence-corrected chi connectivity index (χ2v) is 8.19. The molecule has 1 saturated heterocycles. The first kappa shape index (κ1) is 18.3. The fourth-order valence-corrected chi connectivity index (χ4v) is 5.29. The number of aliphatic hydroxyl groups is 1. The summed E-state index contributed by atoms with van der Waals surface area (Å²) in [6.07, 6.45) is 7.40. The monoisotopic (exact) mass is 393 g/mol. The van der Waals surface area contributed by atoms with Gasteiger partial charge in [-0.2, -0.15) is 0 Å². The Kier molecular flexibility index (Phi) is 4.39. The molecule has 0 radical (unpaired) electrons. The van der Waals surface area contributed by atoms with E-state index in [0.29, 0.717) is 18.5 Å². The van der Waals surface area contributed by atoms with Crippen molar-refractivity contribution in [2.75, 3.05) is 6.54 Å². The summed E-state index contributed by atoms with van der Waals surface area (Å²) in [4.78, 5) is 19.5. The van der Waals surface area contributed by atoms with Crippen LogP contribution < -0.4 is 0 Å². The lowest BCUT2D eigenvalue weighted by Crippen LogP contribution is -2.59. The van der Waals surface area contributed by atoms with Crippen LogP contribution >= 0.6 is 0 Å². The Morgan fingerprint density at radius 2 is 1.93 bits per heavy atom. The van der Waals surface area contributed by atoms with Crippen molar-refractivity contribution < 1.29 is 14.3 Å². The third kappa shape index (κ3) is 2.85. The number of carbonyl (C=O) groups excluding carboxylic acids is 1. The molecule has 2 aromatic heterocycles. The molecular formula is C23H24FN3O2. The van der Waals surface area contributed by atoms with Gasteiger partial charge < -0.3 is 10.0 Å². The Labute approximate surface area is 168 Å². The highest BCUT2D eigenvalue weighted by Gasteiger charge is 2.50. The van der Waals surface area contributed by atoms with Crippen LogP contribution in [0.1, 0.15) is 48.3 Å². The van der Waals surface area contributed by atoms with Crippen LogP contribution in [0.15, 0.2) is 54.9 Å². The van der Waals surface area contributed by atoms with Gasteiger partial charge in [-0.1, -0.05) is 43.2 Å². The summed E-state index contributed by atoms with van der Waals surface area (Å²) in [6.45, 7) is 0.454. The fourth-order valence-electron chi connectivity index (χ4n) is 5.29. The quantitative estimate of drug-likeness (QED) is 0.721. The van der Waals surface area contributed by atoms with Crippen LogP contribution in [-0.4, -0.2) is 37.9 Å². The number of imidazole rings is 1. The largest absolute Gasteiger partial charge is 0.385 e. The molecule has 3 heterocycles. The summed E-state index contributed by atoms with van der Waals surface area (Å²) < 4.78 is 15.6. The van der Waals surface area contributed by atoms with Gasteiger partial charge >= 0.3 is 0 Å². The Morgan fingerprint density at radius 3 is 2.76 bits per heavy atom. The number of pyridine rings is 1. The highest BCUT2D eigenvalue weighted by Crippen LogP contribution is 2.47. The molecule has 1 aliphatic carbocycles. The molecule has 3 unspecified atom stereocenters. The van der Waals surface area contributed by atoms with E-state index in [0.717, 1.165) is 31.2 Å². The summed E-state index contributed by atoms with van der Waals surface area (Å²) in [5, 5.41) is 11.7. The van der Waals surface area contributed by atoms with Crippen molar-refractivity contribution in [1.82, 2.24) is 14.3 Å². The first-order valence-corrected chi connectivity index (χ1v) is 10.3. The molecule has 5 nitrogen and oxygen atoms in total. The molecule has 0 bridgehead atoms. The van der Waals surface area contributed by atoms with Gasteiger partial charge in [0, 0.05) is 24.7 Å². The molecule has 0 spiro atoms. The summed E-state index contributed by atoms with van der Waals surface area (Å²) in [7, 11) is 0. The number of hydrogen-bond donors (Lipinski definition) is 1. The Balaban J connectivity index is 1.50. The lowest BCUT2D eigenvalue weighted by molar-refractivity contribution is -0.110. The van der Waals surface area contributed by atoms with Crippen molar-refractivity contribution in [2.45, 2.75) is 43.7 Å². The average Bonchev–Trinajstić information content (AvgIpc) is 3.20. The van der Waals surface area contributed by atoms with Gasteiger partial charge in [-0.3, -0.25) is 9.20 Å². The van der Waals surface area contributed by atoms with E-state index >= 15 is 0 Å². The zero-order valence-electron chi connectivity index (χ0n) is 16.2. The van der Waals surface area contributed by atoms with Gasteiger partial charge in [0.2, 0.25) is 5.82 Å². The number of carbonyl (C=O) groups is 1. The maximum atomic E-state index is 14.0. The molecular weight excluding hydrogens is 369 g/mol. The Bertz CT molecular complexity index is 1050. The maximum Gasteiger partial charge on any atom is 0.290 e. The van der Waals surface area contributed by atoms with Crippen LogP contribution in [0, 0.1) is 11.7 Å². The van der Waals surface area contributed by atoms with Gasteiger partial charge in [0.05, 0.1) is 11.8 Å².